The van der Waals surface area contributed by atoms with Crippen LogP contribution in [-0.2, 0) is 16.1 Å². The molecule has 1 aliphatic heterocycles. The molecule has 3 aromatic rings. The van der Waals surface area contributed by atoms with Gasteiger partial charge in [-0.3, -0.25) is 14.5 Å². The highest BCUT2D eigenvalue weighted by atomic mass is 16.5. The fourth-order valence-corrected chi connectivity index (χ4v) is 4.36. The third kappa shape index (κ3) is 5.91. The molecule has 4 rings (SSSR count). The second kappa shape index (κ2) is 10.7. The van der Waals surface area contributed by atoms with E-state index in [1.165, 1.54) is 0 Å². The van der Waals surface area contributed by atoms with E-state index in [1.54, 1.807) is 18.2 Å². The minimum Gasteiger partial charge on any atom is -0.497 e. The number of piperidine rings is 1. The topological polar surface area (TPSA) is 74.8 Å². The summed E-state index contributed by atoms with van der Waals surface area (Å²) in [6.45, 7) is 4.37. The summed E-state index contributed by atoms with van der Waals surface area (Å²) in [7, 11) is 3.51. The van der Waals surface area contributed by atoms with Crippen LogP contribution in [0.2, 0.25) is 0 Å². The molecule has 2 aromatic carbocycles. The number of pyridine rings is 1. The van der Waals surface area contributed by atoms with Crippen LogP contribution >= 0.6 is 0 Å². The van der Waals surface area contributed by atoms with Crippen LogP contribution < -0.4 is 10.1 Å². The van der Waals surface area contributed by atoms with Crippen molar-refractivity contribution in [3.63, 3.8) is 0 Å². The molecule has 7 heteroatoms. The number of aryl methyl sites for hydroxylation is 1. The quantitative estimate of drug-likeness (QED) is 0.580. The Morgan fingerprint density at radius 3 is 2.56 bits per heavy atom. The van der Waals surface area contributed by atoms with Gasteiger partial charge in [0.2, 0.25) is 11.8 Å². The molecule has 0 bridgehead atoms. The smallest absolute Gasteiger partial charge is 0.236 e. The number of hydrogen-bond donors (Lipinski definition) is 1. The number of hydrogen-bond acceptors (Lipinski definition) is 5. The summed E-state index contributed by atoms with van der Waals surface area (Å²) < 4.78 is 5.29. The Hall–Kier alpha value is -3.45. The lowest BCUT2D eigenvalue weighted by Crippen LogP contribution is -2.43. The second-order valence-corrected chi connectivity index (χ2v) is 9.06. The molecular weight excluding hydrogens is 428 g/mol. The van der Waals surface area contributed by atoms with Gasteiger partial charge in [0, 0.05) is 25.7 Å². The summed E-state index contributed by atoms with van der Waals surface area (Å²) in [5, 5.41) is 5.16. The number of nitrogens with one attached hydrogen (secondary N) is 1. The molecule has 0 atom stereocenters. The SMILES string of the molecule is COc1ccc2cc(CN(C)C(=O)CN3CCC(C(=O)Nc4cc(C)ccn4)CC3)ccc2c1. The van der Waals surface area contributed by atoms with E-state index < -0.39 is 0 Å². The highest BCUT2D eigenvalue weighted by Gasteiger charge is 2.26. The van der Waals surface area contributed by atoms with Crippen molar-refractivity contribution in [1.82, 2.24) is 14.8 Å². The lowest BCUT2D eigenvalue weighted by molar-refractivity contribution is -0.132. The lowest BCUT2D eigenvalue weighted by atomic mass is 9.96. The van der Waals surface area contributed by atoms with E-state index in [0.29, 0.717) is 18.9 Å². The number of nitrogens with zero attached hydrogens (tertiary/aromatic N) is 3. The van der Waals surface area contributed by atoms with E-state index in [4.69, 9.17) is 4.74 Å². The van der Waals surface area contributed by atoms with Crippen LogP contribution in [-0.4, -0.2) is 60.4 Å². The number of ether oxygens (including phenoxy) is 1. The molecule has 34 heavy (non-hydrogen) atoms. The highest BCUT2D eigenvalue weighted by Crippen LogP contribution is 2.23. The molecule has 2 heterocycles. The third-order valence-corrected chi connectivity index (χ3v) is 6.44. The number of carbonyl (C=O) groups excluding carboxylic acids is 2. The van der Waals surface area contributed by atoms with E-state index in [1.807, 2.05) is 44.3 Å². The molecule has 0 unspecified atom stereocenters. The highest BCUT2D eigenvalue weighted by molar-refractivity contribution is 5.91. The fourth-order valence-electron chi connectivity index (χ4n) is 4.36. The molecule has 1 saturated heterocycles. The van der Waals surface area contributed by atoms with Crippen molar-refractivity contribution in [3.05, 3.63) is 65.9 Å². The first-order chi connectivity index (χ1) is 16.4. The fraction of sp³-hybridized carbons (Fsp3) is 0.370. The summed E-state index contributed by atoms with van der Waals surface area (Å²) in [6, 6.07) is 16.0. The van der Waals surface area contributed by atoms with Gasteiger partial charge < -0.3 is 15.0 Å². The molecule has 2 amide bonds. The van der Waals surface area contributed by atoms with Gasteiger partial charge in [-0.25, -0.2) is 4.98 Å². The standard InChI is InChI=1S/C27H32N4O3/c1-19-8-11-28-25(14-19)29-27(33)21-9-12-31(13-10-21)18-26(32)30(2)17-20-4-5-23-16-24(34-3)7-6-22(23)15-20/h4-8,11,14-16,21H,9-10,12-13,17-18H2,1-3H3,(H,28,29,33). The Morgan fingerprint density at radius 1 is 1.09 bits per heavy atom. The number of benzene rings is 2. The average molecular weight is 461 g/mol. The van der Waals surface area contributed by atoms with Crippen molar-refractivity contribution in [2.75, 3.05) is 39.1 Å². The van der Waals surface area contributed by atoms with E-state index in [-0.39, 0.29) is 17.7 Å². The summed E-state index contributed by atoms with van der Waals surface area (Å²) >= 11 is 0. The van der Waals surface area contributed by atoms with Crippen molar-refractivity contribution in [1.29, 1.82) is 0 Å². The summed E-state index contributed by atoms with van der Waals surface area (Å²) in [4.78, 5) is 33.5. The number of carbonyl (C=O) groups is 2. The van der Waals surface area contributed by atoms with Gasteiger partial charge >= 0.3 is 0 Å². The zero-order valence-electron chi connectivity index (χ0n) is 20.1. The van der Waals surface area contributed by atoms with Gasteiger partial charge in [0.05, 0.1) is 13.7 Å². The van der Waals surface area contributed by atoms with Gasteiger partial charge in [-0.15, -0.1) is 0 Å². The first kappa shape index (κ1) is 23.7. The van der Waals surface area contributed by atoms with Crippen molar-refractivity contribution in [2.24, 2.45) is 5.92 Å². The molecule has 7 nitrogen and oxygen atoms in total. The molecule has 0 spiro atoms. The molecular formula is C27H32N4O3. The zero-order chi connectivity index (χ0) is 24.1. The Kier molecular flexibility index (Phi) is 7.43. The summed E-state index contributed by atoms with van der Waals surface area (Å²) in [6.07, 6.45) is 3.18. The van der Waals surface area contributed by atoms with Crippen molar-refractivity contribution < 1.29 is 14.3 Å². The van der Waals surface area contributed by atoms with E-state index in [2.05, 4.69) is 33.4 Å². The van der Waals surface area contributed by atoms with E-state index >= 15 is 0 Å². The Morgan fingerprint density at radius 2 is 1.82 bits per heavy atom. The van der Waals surface area contributed by atoms with Crippen LogP contribution in [0.25, 0.3) is 10.8 Å². The van der Waals surface area contributed by atoms with Gasteiger partial charge in [-0.2, -0.15) is 0 Å². The largest absolute Gasteiger partial charge is 0.497 e. The number of likely N-dealkylation sites (tertiary alicyclic amines) is 1. The number of fused-ring (bicyclic) bond motifs is 1. The number of rotatable bonds is 7. The van der Waals surface area contributed by atoms with E-state index in [9.17, 15) is 9.59 Å². The molecule has 0 aliphatic carbocycles. The molecule has 0 radical (unpaired) electrons. The molecule has 1 aliphatic rings. The van der Waals surface area contributed by atoms with Gasteiger partial charge in [0.15, 0.2) is 0 Å². The van der Waals surface area contributed by atoms with Crippen molar-refractivity contribution in [3.8, 4) is 5.75 Å². The Labute approximate surface area is 200 Å². The molecule has 1 aromatic heterocycles. The number of amides is 2. The van der Waals surface area contributed by atoms with Crippen LogP contribution in [0.3, 0.4) is 0 Å². The zero-order valence-corrected chi connectivity index (χ0v) is 20.1. The van der Waals surface area contributed by atoms with Crippen LogP contribution in [0.5, 0.6) is 5.75 Å². The summed E-state index contributed by atoms with van der Waals surface area (Å²) in [5.41, 5.74) is 2.15. The molecule has 178 valence electrons. The van der Waals surface area contributed by atoms with Crippen LogP contribution in [0.4, 0.5) is 5.82 Å². The average Bonchev–Trinajstić information content (AvgIpc) is 2.84. The minimum atomic E-state index is -0.0531. The van der Waals surface area contributed by atoms with Crippen LogP contribution in [0, 0.1) is 12.8 Å². The van der Waals surface area contributed by atoms with E-state index in [0.717, 1.165) is 53.6 Å². The number of anilines is 1. The van der Waals surface area contributed by atoms with Crippen molar-refractivity contribution in [2.45, 2.75) is 26.3 Å². The second-order valence-electron chi connectivity index (χ2n) is 9.06. The monoisotopic (exact) mass is 460 g/mol. The maximum Gasteiger partial charge on any atom is 0.236 e. The number of aromatic nitrogens is 1. The molecule has 0 saturated carbocycles. The van der Waals surface area contributed by atoms with Crippen molar-refractivity contribution >= 4 is 28.4 Å². The third-order valence-electron chi connectivity index (χ3n) is 6.44. The van der Waals surface area contributed by atoms with Crippen LogP contribution in [0.1, 0.15) is 24.0 Å². The molecule has 1 fully saturated rings. The minimum absolute atomic E-state index is 0.00937. The summed E-state index contributed by atoms with van der Waals surface area (Å²) in [5.74, 6) is 1.47. The Balaban J connectivity index is 1.25. The first-order valence-electron chi connectivity index (χ1n) is 11.7. The number of likely N-dealkylation sites (N-methyl/N-ethyl adjacent to an activating group) is 1. The predicted octanol–water partition coefficient (Wildman–Crippen LogP) is 3.86. The van der Waals surface area contributed by atoms with Gasteiger partial charge in [-0.05, 0) is 85.1 Å². The first-order valence-corrected chi connectivity index (χ1v) is 11.7. The van der Waals surface area contributed by atoms with Gasteiger partial charge in [0.25, 0.3) is 0 Å². The maximum absolute atomic E-state index is 12.8. The number of methoxy groups -OCH3 is 1. The van der Waals surface area contributed by atoms with Gasteiger partial charge in [0.1, 0.15) is 11.6 Å². The lowest BCUT2D eigenvalue weighted by Gasteiger charge is -2.31. The molecule has 1 N–H and O–H groups in total. The maximum atomic E-state index is 12.8. The van der Waals surface area contributed by atoms with Gasteiger partial charge in [-0.1, -0.05) is 18.2 Å². The predicted molar refractivity (Wildman–Crippen MR) is 134 cm³/mol. The van der Waals surface area contributed by atoms with Crippen LogP contribution in [0.15, 0.2) is 54.7 Å². The Bertz CT molecular complexity index is 1170. The normalized spacial score (nSPS) is 14.7.